The lowest BCUT2D eigenvalue weighted by Gasteiger charge is -2.13. The largest absolute Gasteiger partial charge is 0.399 e. The summed E-state index contributed by atoms with van der Waals surface area (Å²) in [5, 5.41) is 5.00. The summed E-state index contributed by atoms with van der Waals surface area (Å²) in [4.78, 5) is 0. The third-order valence-electron chi connectivity index (χ3n) is 6.38. The van der Waals surface area contributed by atoms with Crippen molar-refractivity contribution in [3.8, 4) is 33.4 Å². The number of rotatable bonds is 3. The van der Waals surface area contributed by atoms with Gasteiger partial charge in [-0.3, -0.25) is 0 Å². The average Bonchev–Trinajstić information content (AvgIpc) is 2.88. The highest BCUT2D eigenvalue weighted by molar-refractivity contribution is 5.93. The number of nitrogen functional groups attached to an aromatic ring is 1. The van der Waals surface area contributed by atoms with Crippen LogP contribution in [0.5, 0.6) is 0 Å². The lowest BCUT2D eigenvalue weighted by molar-refractivity contribution is 1.58. The molecule has 0 fully saturated rings. The van der Waals surface area contributed by atoms with E-state index in [1.165, 1.54) is 49.4 Å². The molecule has 0 atom stereocenters. The lowest BCUT2D eigenvalue weighted by atomic mass is 9.91. The first-order valence-electron chi connectivity index (χ1n) is 11.2. The van der Waals surface area contributed by atoms with Gasteiger partial charge in [0, 0.05) is 5.69 Å². The van der Waals surface area contributed by atoms with Crippen LogP contribution < -0.4 is 5.73 Å². The molecule has 2 N–H and O–H groups in total. The standard InChI is InChI=1S/C32H23N/c33-30-17-18-31(32(21-30)29-16-12-23-6-2-4-8-27(23)20-29)25-13-9-24(10-14-25)28-15-11-22-5-1-3-7-26(22)19-28/h1-21H,33H2. The van der Waals surface area contributed by atoms with Gasteiger partial charge in [0.05, 0.1) is 0 Å². The van der Waals surface area contributed by atoms with Crippen molar-refractivity contribution in [2.45, 2.75) is 0 Å². The van der Waals surface area contributed by atoms with Crippen LogP contribution in [0.15, 0.2) is 127 Å². The van der Waals surface area contributed by atoms with Crippen LogP contribution in [-0.4, -0.2) is 0 Å². The fourth-order valence-corrected chi connectivity index (χ4v) is 4.62. The smallest absolute Gasteiger partial charge is 0.0320 e. The molecule has 0 amide bonds. The highest BCUT2D eigenvalue weighted by atomic mass is 14.5. The van der Waals surface area contributed by atoms with Crippen LogP contribution in [0.2, 0.25) is 0 Å². The highest BCUT2D eigenvalue weighted by Gasteiger charge is 2.10. The highest BCUT2D eigenvalue weighted by Crippen LogP contribution is 2.36. The van der Waals surface area contributed by atoms with Gasteiger partial charge in [-0.2, -0.15) is 0 Å². The average molecular weight is 422 g/mol. The molecular formula is C32H23N. The van der Waals surface area contributed by atoms with E-state index in [0.29, 0.717) is 0 Å². The van der Waals surface area contributed by atoms with E-state index in [4.69, 9.17) is 5.73 Å². The normalized spacial score (nSPS) is 11.2. The molecule has 1 heteroatoms. The van der Waals surface area contributed by atoms with Gasteiger partial charge < -0.3 is 5.73 Å². The first-order chi connectivity index (χ1) is 16.2. The Hall–Kier alpha value is -4.36. The van der Waals surface area contributed by atoms with Crippen molar-refractivity contribution >= 4 is 27.2 Å². The van der Waals surface area contributed by atoms with Gasteiger partial charge in [-0.1, -0.05) is 103 Å². The van der Waals surface area contributed by atoms with E-state index in [1.54, 1.807) is 0 Å². The van der Waals surface area contributed by atoms with Crippen LogP contribution in [0.4, 0.5) is 5.69 Å². The number of anilines is 1. The Morgan fingerprint density at radius 1 is 0.333 bits per heavy atom. The molecule has 0 saturated carbocycles. The molecule has 6 aromatic rings. The maximum Gasteiger partial charge on any atom is 0.0320 e. The number of fused-ring (bicyclic) bond motifs is 2. The van der Waals surface area contributed by atoms with Crippen LogP contribution in [-0.2, 0) is 0 Å². The summed E-state index contributed by atoms with van der Waals surface area (Å²) in [6.07, 6.45) is 0. The topological polar surface area (TPSA) is 26.0 Å². The first-order valence-corrected chi connectivity index (χ1v) is 11.2. The molecule has 33 heavy (non-hydrogen) atoms. The van der Waals surface area contributed by atoms with Gasteiger partial charge in [-0.15, -0.1) is 0 Å². The zero-order chi connectivity index (χ0) is 22.2. The Labute approximate surface area is 193 Å². The van der Waals surface area contributed by atoms with Crippen LogP contribution in [0.3, 0.4) is 0 Å². The molecule has 0 heterocycles. The minimum Gasteiger partial charge on any atom is -0.399 e. The third-order valence-corrected chi connectivity index (χ3v) is 6.38. The van der Waals surface area contributed by atoms with E-state index in [0.717, 1.165) is 11.3 Å². The Kier molecular flexibility index (Phi) is 4.66. The molecule has 0 unspecified atom stereocenters. The molecule has 0 aliphatic rings. The molecule has 0 spiro atoms. The summed E-state index contributed by atoms with van der Waals surface area (Å²) in [7, 11) is 0. The second-order valence-electron chi connectivity index (χ2n) is 8.51. The van der Waals surface area contributed by atoms with Crippen LogP contribution in [0.25, 0.3) is 54.9 Å². The van der Waals surface area contributed by atoms with Crippen molar-refractivity contribution in [2.24, 2.45) is 0 Å². The molecular weight excluding hydrogens is 398 g/mol. The van der Waals surface area contributed by atoms with Gasteiger partial charge in [-0.25, -0.2) is 0 Å². The number of nitrogens with two attached hydrogens (primary N) is 1. The Balaban J connectivity index is 1.42. The van der Waals surface area contributed by atoms with Gasteiger partial charge in [-0.05, 0) is 79.2 Å². The van der Waals surface area contributed by atoms with Crippen molar-refractivity contribution in [1.29, 1.82) is 0 Å². The zero-order valence-electron chi connectivity index (χ0n) is 18.2. The maximum absolute atomic E-state index is 6.20. The minimum atomic E-state index is 0.773. The summed E-state index contributed by atoms with van der Waals surface area (Å²) in [5.41, 5.74) is 14.1. The molecule has 1 nitrogen and oxygen atoms in total. The summed E-state index contributed by atoms with van der Waals surface area (Å²) >= 11 is 0. The van der Waals surface area contributed by atoms with E-state index in [2.05, 4.69) is 121 Å². The molecule has 6 aromatic carbocycles. The van der Waals surface area contributed by atoms with E-state index in [9.17, 15) is 0 Å². The number of hydrogen-bond acceptors (Lipinski definition) is 1. The zero-order valence-corrected chi connectivity index (χ0v) is 18.2. The summed E-state index contributed by atoms with van der Waals surface area (Å²) in [6.45, 7) is 0. The predicted octanol–water partition coefficient (Wildman–Crippen LogP) is 8.58. The van der Waals surface area contributed by atoms with Gasteiger partial charge in [0.1, 0.15) is 0 Å². The van der Waals surface area contributed by atoms with E-state index in [-0.39, 0.29) is 0 Å². The van der Waals surface area contributed by atoms with E-state index < -0.39 is 0 Å². The van der Waals surface area contributed by atoms with E-state index >= 15 is 0 Å². The van der Waals surface area contributed by atoms with Gasteiger partial charge in [0.2, 0.25) is 0 Å². The fraction of sp³-hybridized carbons (Fsp3) is 0. The Morgan fingerprint density at radius 3 is 1.52 bits per heavy atom. The molecule has 6 rings (SSSR count). The number of hydrogen-bond donors (Lipinski definition) is 1. The summed E-state index contributed by atoms with van der Waals surface area (Å²) < 4.78 is 0. The number of benzene rings is 6. The third kappa shape index (κ3) is 3.64. The molecule has 0 aromatic heterocycles. The maximum atomic E-state index is 6.20. The SMILES string of the molecule is Nc1ccc(-c2ccc(-c3ccc4ccccc4c3)cc2)c(-c2ccc3ccccc3c2)c1. The van der Waals surface area contributed by atoms with Crippen molar-refractivity contribution in [2.75, 3.05) is 5.73 Å². The Bertz CT molecular complexity index is 1610. The van der Waals surface area contributed by atoms with Crippen molar-refractivity contribution in [3.05, 3.63) is 127 Å². The van der Waals surface area contributed by atoms with Gasteiger partial charge in [0.15, 0.2) is 0 Å². The lowest BCUT2D eigenvalue weighted by Crippen LogP contribution is -1.90. The van der Waals surface area contributed by atoms with Crippen molar-refractivity contribution in [1.82, 2.24) is 0 Å². The van der Waals surface area contributed by atoms with Crippen molar-refractivity contribution in [3.63, 3.8) is 0 Å². The van der Waals surface area contributed by atoms with Crippen LogP contribution >= 0.6 is 0 Å². The van der Waals surface area contributed by atoms with Crippen LogP contribution in [0.1, 0.15) is 0 Å². The van der Waals surface area contributed by atoms with E-state index in [1.807, 2.05) is 6.07 Å². The monoisotopic (exact) mass is 421 g/mol. The molecule has 0 bridgehead atoms. The molecule has 0 saturated heterocycles. The fourth-order valence-electron chi connectivity index (χ4n) is 4.62. The summed E-state index contributed by atoms with van der Waals surface area (Å²) in [6, 6.07) is 45.2. The molecule has 0 aliphatic heterocycles. The summed E-state index contributed by atoms with van der Waals surface area (Å²) in [5.74, 6) is 0. The molecule has 156 valence electrons. The van der Waals surface area contributed by atoms with Crippen LogP contribution in [0, 0.1) is 0 Å². The van der Waals surface area contributed by atoms with Crippen molar-refractivity contribution < 1.29 is 0 Å². The predicted molar refractivity (Wildman–Crippen MR) is 142 cm³/mol. The van der Waals surface area contributed by atoms with Gasteiger partial charge in [0.25, 0.3) is 0 Å². The second kappa shape index (κ2) is 7.96. The first kappa shape index (κ1) is 19.3. The Morgan fingerprint density at radius 2 is 0.848 bits per heavy atom. The van der Waals surface area contributed by atoms with Gasteiger partial charge >= 0.3 is 0 Å². The second-order valence-corrected chi connectivity index (χ2v) is 8.51. The molecule has 0 aliphatic carbocycles. The minimum absolute atomic E-state index is 0.773. The molecule has 0 radical (unpaired) electrons. The quantitative estimate of drug-likeness (QED) is 0.285.